The van der Waals surface area contributed by atoms with Gasteiger partial charge in [-0.25, -0.2) is 0 Å². The topological polar surface area (TPSA) is 54.7 Å². The Bertz CT molecular complexity index is 883. The van der Waals surface area contributed by atoms with Gasteiger partial charge in [-0.05, 0) is 25.0 Å². The van der Waals surface area contributed by atoms with Gasteiger partial charge in [0.15, 0.2) is 0 Å². The zero-order valence-corrected chi connectivity index (χ0v) is 15.6. The zero-order chi connectivity index (χ0) is 18.4. The number of hydrogen-bond donors (Lipinski definition) is 1. The minimum absolute atomic E-state index is 0.138. The Labute approximate surface area is 153 Å². The quantitative estimate of drug-likeness (QED) is 0.680. The number of ether oxygens (including phenoxy) is 1. The molecule has 1 fully saturated rings. The standard InChI is InChI=1S/C21H26N2O3/c1-4-13-12-23(9-10-24)17-11-15(13)19(21(25)26-3)20-18(17)14-7-5-6-8-16(14)22(20)2/h4-8,15,17,19,24H,9-12H2,1-3H3/b13-4-/t15-,17-,19+/m0/s1. The van der Waals surface area contributed by atoms with Crippen LogP contribution in [-0.4, -0.2) is 47.3 Å². The summed E-state index contributed by atoms with van der Waals surface area (Å²) in [4.78, 5) is 15.2. The second kappa shape index (κ2) is 6.56. The number of aryl methyl sites for hydroxylation is 1. The van der Waals surface area contributed by atoms with Crippen molar-refractivity contribution in [2.24, 2.45) is 13.0 Å². The third kappa shape index (κ3) is 2.34. The smallest absolute Gasteiger partial charge is 0.315 e. The Morgan fingerprint density at radius 1 is 1.38 bits per heavy atom. The molecule has 1 aliphatic heterocycles. The van der Waals surface area contributed by atoms with E-state index in [1.807, 2.05) is 20.0 Å². The van der Waals surface area contributed by atoms with Gasteiger partial charge in [0.1, 0.15) is 5.92 Å². The third-order valence-corrected chi connectivity index (χ3v) is 6.22. The van der Waals surface area contributed by atoms with Crippen molar-refractivity contribution in [3.05, 3.63) is 47.2 Å². The summed E-state index contributed by atoms with van der Waals surface area (Å²) in [6.07, 6.45) is 3.02. The maximum Gasteiger partial charge on any atom is 0.315 e. The van der Waals surface area contributed by atoms with Crippen LogP contribution in [0.4, 0.5) is 0 Å². The minimum atomic E-state index is -0.272. The number of nitrogens with zero attached hydrogens (tertiary/aromatic N) is 2. The number of hydrogen-bond acceptors (Lipinski definition) is 4. The molecule has 138 valence electrons. The van der Waals surface area contributed by atoms with Crippen LogP contribution in [-0.2, 0) is 16.6 Å². The van der Waals surface area contributed by atoms with Crippen molar-refractivity contribution < 1.29 is 14.6 Å². The highest BCUT2D eigenvalue weighted by atomic mass is 16.5. The van der Waals surface area contributed by atoms with Gasteiger partial charge in [-0.1, -0.05) is 29.8 Å². The number of carbonyl (C=O) groups is 1. The van der Waals surface area contributed by atoms with E-state index in [9.17, 15) is 9.90 Å². The first-order valence-electron chi connectivity index (χ1n) is 9.27. The molecule has 26 heavy (non-hydrogen) atoms. The molecular formula is C21H26N2O3. The van der Waals surface area contributed by atoms with E-state index in [1.165, 1.54) is 23.6 Å². The van der Waals surface area contributed by atoms with Gasteiger partial charge in [-0.15, -0.1) is 0 Å². The van der Waals surface area contributed by atoms with Gasteiger partial charge in [0.2, 0.25) is 0 Å². The van der Waals surface area contributed by atoms with Gasteiger partial charge < -0.3 is 14.4 Å². The van der Waals surface area contributed by atoms with Crippen LogP contribution in [0, 0.1) is 5.92 Å². The number of carbonyl (C=O) groups excluding carboxylic acids is 1. The largest absolute Gasteiger partial charge is 0.468 e. The number of likely N-dealkylation sites (tertiary alicyclic amines) is 1. The van der Waals surface area contributed by atoms with Crippen LogP contribution in [0.5, 0.6) is 0 Å². The molecule has 1 aromatic carbocycles. The number of β-amino-alcohol motifs (C(OH)–C–C–N with tert-alkyl or cyclic N) is 1. The molecule has 2 bridgehead atoms. The molecule has 1 aliphatic carbocycles. The number of allylic oxidation sites excluding steroid dienone is 1. The van der Waals surface area contributed by atoms with Crippen molar-refractivity contribution in [1.82, 2.24) is 9.47 Å². The van der Waals surface area contributed by atoms with Crippen LogP contribution in [0.3, 0.4) is 0 Å². The number of fused-ring (bicyclic) bond motifs is 6. The minimum Gasteiger partial charge on any atom is -0.468 e. The van der Waals surface area contributed by atoms with Crippen LogP contribution in [0.15, 0.2) is 35.9 Å². The summed E-state index contributed by atoms with van der Waals surface area (Å²) >= 11 is 0. The predicted octanol–water partition coefficient (Wildman–Crippen LogP) is 2.75. The molecule has 2 aromatic rings. The highest BCUT2D eigenvalue weighted by molar-refractivity contribution is 5.90. The zero-order valence-electron chi connectivity index (χ0n) is 15.6. The lowest BCUT2D eigenvalue weighted by Crippen LogP contribution is -2.46. The molecule has 1 N–H and O–H groups in total. The summed E-state index contributed by atoms with van der Waals surface area (Å²) in [5.74, 6) is -0.274. The second-order valence-corrected chi connectivity index (χ2v) is 7.29. The lowest BCUT2D eigenvalue weighted by molar-refractivity contribution is -0.144. The molecule has 0 saturated carbocycles. The fourth-order valence-corrected chi connectivity index (χ4v) is 5.08. The number of aliphatic hydroxyl groups is 1. The second-order valence-electron chi connectivity index (χ2n) is 7.29. The fourth-order valence-electron chi connectivity index (χ4n) is 5.08. The van der Waals surface area contributed by atoms with E-state index in [2.05, 4.69) is 33.7 Å². The van der Waals surface area contributed by atoms with Crippen molar-refractivity contribution in [1.29, 1.82) is 0 Å². The molecule has 2 aliphatic rings. The Kier molecular flexibility index (Phi) is 4.37. The third-order valence-electron chi connectivity index (χ3n) is 6.22. The van der Waals surface area contributed by atoms with Crippen molar-refractivity contribution >= 4 is 16.9 Å². The van der Waals surface area contributed by atoms with Gasteiger partial charge in [0, 0.05) is 48.7 Å². The lowest BCUT2D eigenvalue weighted by atomic mass is 9.68. The van der Waals surface area contributed by atoms with Gasteiger partial charge in [0.05, 0.1) is 13.7 Å². The summed E-state index contributed by atoms with van der Waals surface area (Å²) in [7, 11) is 3.52. The number of rotatable bonds is 3. The Morgan fingerprint density at radius 3 is 2.85 bits per heavy atom. The van der Waals surface area contributed by atoms with E-state index >= 15 is 0 Å². The number of methoxy groups -OCH3 is 1. The van der Waals surface area contributed by atoms with Crippen LogP contribution >= 0.6 is 0 Å². The lowest BCUT2D eigenvalue weighted by Gasteiger charge is -2.47. The van der Waals surface area contributed by atoms with E-state index in [-0.39, 0.29) is 30.5 Å². The Morgan fingerprint density at radius 2 is 2.15 bits per heavy atom. The summed E-state index contributed by atoms with van der Waals surface area (Å²) in [5.41, 5.74) is 4.71. The number of para-hydroxylation sites is 1. The number of aliphatic hydroxyl groups excluding tert-OH is 1. The average Bonchev–Trinajstić information content (AvgIpc) is 2.96. The molecule has 1 aromatic heterocycles. The predicted molar refractivity (Wildman–Crippen MR) is 101 cm³/mol. The van der Waals surface area contributed by atoms with E-state index in [1.54, 1.807) is 0 Å². The maximum atomic E-state index is 12.8. The van der Waals surface area contributed by atoms with E-state index in [4.69, 9.17) is 4.74 Å². The molecule has 0 spiro atoms. The molecule has 5 heteroatoms. The first kappa shape index (κ1) is 17.3. The summed E-state index contributed by atoms with van der Waals surface area (Å²) in [6.45, 7) is 3.61. The van der Waals surface area contributed by atoms with Crippen molar-refractivity contribution in [2.45, 2.75) is 25.3 Å². The van der Waals surface area contributed by atoms with Gasteiger partial charge in [-0.3, -0.25) is 9.69 Å². The normalized spacial score (nSPS) is 26.9. The monoisotopic (exact) mass is 354 g/mol. The molecule has 4 rings (SSSR count). The van der Waals surface area contributed by atoms with Crippen molar-refractivity contribution in [2.75, 3.05) is 26.8 Å². The first-order chi connectivity index (χ1) is 12.6. The van der Waals surface area contributed by atoms with Crippen molar-refractivity contribution in [3.63, 3.8) is 0 Å². The maximum absolute atomic E-state index is 12.8. The molecule has 0 unspecified atom stereocenters. The van der Waals surface area contributed by atoms with Gasteiger partial charge in [0.25, 0.3) is 0 Å². The molecule has 5 nitrogen and oxygen atoms in total. The van der Waals surface area contributed by atoms with Gasteiger partial charge >= 0.3 is 5.97 Å². The summed E-state index contributed by atoms with van der Waals surface area (Å²) in [5, 5.41) is 10.8. The highest BCUT2D eigenvalue weighted by Crippen LogP contribution is 2.53. The SMILES string of the molecule is C/C=C1/CN(CCO)[C@H]2C[C@@H]1[C@@H](C(=O)OC)c1c2c2ccccc2n1C. The summed E-state index contributed by atoms with van der Waals surface area (Å²) in [6, 6.07) is 8.57. The van der Waals surface area contributed by atoms with Crippen LogP contribution in [0.1, 0.15) is 36.6 Å². The molecule has 2 heterocycles. The van der Waals surface area contributed by atoms with Crippen LogP contribution < -0.4 is 0 Å². The Balaban J connectivity index is 2.00. The number of benzene rings is 1. The number of piperidine rings is 1. The molecule has 3 atom stereocenters. The molecule has 1 saturated heterocycles. The van der Waals surface area contributed by atoms with E-state index in [0.29, 0.717) is 6.54 Å². The summed E-state index contributed by atoms with van der Waals surface area (Å²) < 4.78 is 7.39. The highest BCUT2D eigenvalue weighted by Gasteiger charge is 2.48. The molecule has 0 radical (unpaired) electrons. The Hall–Kier alpha value is -2.11. The van der Waals surface area contributed by atoms with E-state index < -0.39 is 0 Å². The molecular weight excluding hydrogens is 328 g/mol. The fraction of sp³-hybridized carbons (Fsp3) is 0.476. The van der Waals surface area contributed by atoms with Crippen LogP contribution in [0.25, 0.3) is 10.9 Å². The van der Waals surface area contributed by atoms with E-state index in [0.717, 1.165) is 24.2 Å². The average molecular weight is 354 g/mol. The number of aromatic nitrogens is 1. The van der Waals surface area contributed by atoms with Crippen molar-refractivity contribution in [3.8, 4) is 0 Å². The van der Waals surface area contributed by atoms with Gasteiger partial charge in [-0.2, -0.15) is 0 Å². The number of esters is 1. The van der Waals surface area contributed by atoms with Crippen LogP contribution in [0.2, 0.25) is 0 Å². The first-order valence-corrected chi connectivity index (χ1v) is 9.27. The molecule has 0 amide bonds.